The van der Waals surface area contributed by atoms with Crippen LogP contribution in [-0.2, 0) is 41.5 Å². The number of amides is 5. The lowest BCUT2D eigenvalue weighted by atomic mass is 9.69. The predicted molar refractivity (Wildman–Crippen MR) is 265 cm³/mol. The van der Waals surface area contributed by atoms with Gasteiger partial charge < -0.3 is 36.5 Å². The van der Waals surface area contributed by atoms with Gasteiger partial charge >= 0.3 is 0 Å². The van der Waals surface area contributed by atoms with E-state index in [0.717, 1.165) is 17.5 Å². The first-order valence-electron chi connectivity index (χ1n) is 23.8. The Balaban J connectivity index is 1.60. The molecule has 6 N–H and O–H groups in total. The molecule has 15 nitrogen and oxygen atoms in total. The molecule has 1 saturated heterocycles. The van der Waals surface area contributed by atoms with Gasteiger partial charge in [-0.2, -0.15) is 0 Å². The van der Waals surface area contributed by atoms with E-state index in [2.05, 4.69) is 35.1 Å². The van der Waals surface area contributed by atoms with Crippen LogP contribution < -0.4 is 27.0 Å². The minimum absolute atomic E-state index is 0.0258. The van der Waals surface area contributed by atoms with Gasteiger partial charge in [-0.25, -0.2) is 4.98 Å². The van der Waals surface area contributed by atoms with Crippen LogP contribution in [-0.4, -0.2) is 124 Å². The lowest BCUT2D eigenvalue weighted by Gasteiger charge is -2.42. The first-order chi connectivity index (χ1) is 31.8. The average molecular weight is 947 g/mol. The Labute approximate surface area is 403 Å². The van der Waals surface area contributed by atoms with Crippen molar-refractivity contribution in [2.45, 2.75) is 104 Å². The molecule has 3 aromatic rings. The first-order valence-corrected chi connectivity index (χ1v) is 24.6. The fourth-order valence-electron chi connectivity index (χ4n) is 9.36. The molecule has 3 unspecified atom stereocenters. The van der Waals surface area contributed by atoms with E-state index < -0.39 is 35.4 Å². The number of carbonyl (C=O) groups is 5. The Morgan fingerprint density at radius 1 is 0.955 bits per heavy atom. The van der Waals surface area contributed by atoms with Gasteiger partial charge in [-0.3, -0.25) is 33.8 Å². The quantitative estimate of drug-likeness (QED) is 0.0637. The molecule has 1 aliphatic heterocycles. The molecular weight excluding hydrogens is 869 g/mol. The number of aromatic nitrogens is 1. The summed E-state index contributed by atoms with van der Waals surface area (Å²) in [7, 11) is 8.42. The van der Waals surface area contributed by atoms with Gasteiger partial charge in [-0.1, -0.05) is 83.5 Å². The van der Waals surface area contributed by atoms with Gasteiger partial charge in [0.25, 0.3) is 5.91 Å². The molecule has 4 rings (SSSR count). The van der Waals surface area contributed by atoms with Crippen molar-refractivity contribution < 1.29 is 33.4 Å². The number of nitrogens with zero attached hydrogens (tertiary/aromatic N) is 3. The number of hydrogen-bond donors (Lipinski definition) is 5. The van der Waals surface area contributed by atoms with Crippen LogP contribution >= 0.6 is 11.3 Å². The molecule has 0 saturated carbocycles. The van der Waals surface area contributed by atoms with Crippen LogP contribution in [0.1, 0.15) is 99.9 Å². The van der Waals surface area contributed by atoms with Gasteiger partial charge in [0.05, 0.1) is 36.1 Å². The number of nitrogens with two attached hydrogens (primary N) is 1. The molecule has 0 radical (unpaired) electrons. The molecule has 0 bridgehead atoms. The number of imide groups is 1. The minimum Gasteiger partial charge on any atom is -0.399 e. The maximum Gasteiger partial charge on any atom is 0.270 e. The van der Waals surface area contributed by atoms with E-state index in [1.165, 1.54) is 23.3 Å². The van der Waals surface area contributed by atoms with Crippen molar-refractivity contribution in [3.05, 3.63) is 81.8 Å². The molecule has 67 heavy (non-hydrogen) atoms. The highest BCUT2D eigenvalue weighted by molar-refractivity contribution is 7.09. The molecular formula is C51H78N8O7S. The summed E-state index contributed by atoms with van der Waals surface area (Å²) in [5.74, 6) is -2.56. The maximum absolute atomic E-state index is 15.1. The molecule has 0 aliphatic carbocycles. The van der Waals surface area contributed by atoms with Crippen molar-refractivity contribution in [2.75, 3.05) is 67.3 Å². The third kappa shape index (κ3) is 15.1. The highest BCUT2D eigenvalue weighted by Gasteiger charge is 2.53. The smallest absolute Gasteiger partial charge is 0.270 e. The Morgan fingerprint density at radius 2 is 1.64 bits per heavy atom. The minimum atomic E-state index is -1.21. The Bertz CT molecular complexity index is 2040. The third-order valence-corrected chi connectivity index (χ3v) is 14.3. The number of ether oxygens (including phenoxy) is 2. The van der Waals surface area contributed by atoms with Crippen LogP contribution in [0, 0.1) is 35.0 Å². The van der Waals surface area contributed by atoms with Crippen molar-refractivity contribution in [3.63, 3.8) is 0 Å². The highest BCUT2D eigenvalue weighted by atomic mass is 32.1. The number of anilines is 1. The highest BCUT2D eigenvalue weighted by Crippen LogP contribution is 2.41. The molecule has 9 atom stereocenters. The van der Waals surface area contributed by atoms with E-state index in [-0.39, 0.29) is 78.6 Å². The number of thiazole rings is 1. The number of benzene rings is 2. The Hall–Kier alpha value is -4.74. The van der Waals surface area contributed by atoms with Gasteiger partial charge in [0, 0.05) is 57.9 Å². The molecule has 1 fully saturated rings. The van der Waals surface area contributed by atoms with Crippen LogP contribution in [0.2, 0.25) is 0 Å². The van der Waals surface area contributed by atoms with E-state index in [9.17, 15) is 19.2 Å². The normalized spacial score (nSPS) is 18.6. The van der Waals surface area contributed by atoms with Crippen LogP contribution in [0.4, 0.5) is 5.69 Å². The molecule has 370 valence electrons. The summed E-state index contributed by atoms with van der Waals surface area (Å²) in [6.07, 6.45) is 2.54. The van der Waals surface area contributed by atoms with Crippen LogP contribution in [0.5, 0.6) is 0 Å². The van der Waals surface area contributed by atoms with Crippen molar-refractivity contribution in [2.24, 2.45) is 35.0 Å². The summed E-state index contributed by atoms with van der Waals surface area (Å²) >= 11 is 1.31. The monoisotopic (exact) mass is 947 g/mol. The molecule has 5 amide bonds. The molecule has 2 aromatic carbocycles. The van der Waals surface area contributed by atoms with E-state index in [1.54, 1.807) is 19.6 Å². The van der Waals surface area contributed by atoms with E-state index >= 15 is 4.79 Å². The number of likely N-dealkylation sites (N-methyl/N-ethyl adjacent to an activating group) is 1. The number of methoxy groups -OCH3 is 2. The SMILES string of the molecule is CCC(C)CC(OC)[C@@H](C(=O)N(C)C(=O)C[C@@H](C)CNC(=O)[C@H](C(C)C)N(C)C)[C@H]1CCN[C@@H]1C(C)(COC)C(=O)N[C@@H](Cc1ccccc1)c1nc(C(=O)NCCc2ccc(N)cc2)cs1. The lowest BCUT2D eigenvalue weighted by Crippen LogP contribution is -2.59. The summed E-state index contributed by atoms with van der Waals surface area (Å²) in [6.45, 7) is 13.2. The summed E-state index contributed by atoms with van der Waals surface area (Å²) in [5, 5.41) is 15.2. The van der Waals surface area contributed by atoms with Crippen LogP contribution in [0.25, 0.3) is 0 Å². The second kappa shape index (κ2) is 26.1. The van der Waals surface area contributed by atoms with Crippen molar-refractivity contribution in [1.29, 1.82) is 0 Å². The predicted octanol–water partition coefficient (Wildman–Crippen LogP) is 5.51. The van der Waals surface area contributed by atoms with Gasteiger partial charge in [-0.15, -0.1) is 11.3 Å². The Kier molecular flexibility index (Phi) is 21.4. The molecule has 2 heterocycles. The molecule has 1 aliphatic rings. The molecule has 16 heteroatoms. The van der Waals surface area contributed by atoms with Gasteiger partial charge in [-0.05, 0) is 100 Å². The average Bonchev–Trinajstić information content (AvgIpc) is 4.00. The third-order valence-electron chi connectivity index (χ3n) is 13.3. The van der Waals surface area contributed by atoms with Crippen molar-refractivity contribution >= 4 is 46.6 Å². The van der Waals surface area contributed by atoms with Gasteiger partial charge in [0.1, 0.15) is 10.7 Å². The Morgan fingerprint density at radius 3 is 2.25 bits per heavy atom. The summed E-state index contributed by atoms with van der Waals surface area (Å²) in [4.78, 5) is 78.3. The number of nitrogens with one attached hydrogen (secondary N) is 4. The topological polar surface area (TPSA) is 197 Å². The molecule has 0 spiro atoms. The summed E-state index contributed by atoms with van der Waals surface area (Å²) in [5.41, 5.74) is 7.57. The zero-order chi connectivity index (χ0) is 49.4. The van der Waals surface area contributed by atoms with Crippen LogP contribution in [0.15, 0.2) is 60.0 Å². The second-order valence-electron chi connectivity index (χ2n) is 19.3. The van der Waals surface area contributed by atoms with Gasteiger partial charge in [0.15, 0.2) is 0 Å². The second-order valence-corrected chi connectivity index (χ2v) is 20.2. The van der Waals surface area contributed by atoms with Gasteiger partial charge in [0.2, 0.25) is 23.6 Å². The fraction of sp³-hybridized carbons (Fsp3) is 0.608. The number of nitrogen functional groups attached to an aromatic ring is 1. The fourth-order valence-corrected chi connectivity index (χ4v) is 10.2. The van der Waals surface area contributed by atoms with Crippen molar-refractivity contribution in [1.82, 2.24) is 36.1 Å². The molecule has 1 aromatic heterocycles. The maximum atomic E-state index is 15.1. The van der Waals surface area contributed by atoms with E-state index in [0.29, 0.717) is 49.5 Å². The van der Waals surface area contributed by atoms with E-state index in [4.69, 9.17) is 20.2 Å². The summed E-state index contributed by atoms with van der Waals surface area (Å²) < 4.78 is 12.0. The zero-order valence-corrected chi connectivity index (χ0v) is 42.5. The zero-order valence-electron chi connectivity index (χ0n) is 41.7. The standard InChI is InChI=1S/C51H78N8O7S/c1-12-33(4)26-41(66-11)43(49(63)59(9)42(60)27-34(5)29-55-47(62)44(32(2)3)58(7)8)38-23-25-53-45(38)51(6,31-65-10)50(64)57-39(28-36-16-14-13-15-17-36)48-56-40(30-67-48)46(61)54-24-22-35-18-20-37(52)21-19-35/h13-21,30,32-34,38-39,41,43-45,53H,12,22-29,31,52H2,1-11H3,(H,54,61)(H,55,62)(H,57,64)/t33?,34-,38-,39+,41?,43+,44+,45+,51?/m1/s1. The van der Waals surface area contributed by atoms with E-state index in [1.807, 2.05) is 101 Å². The number of rotatable bonds is 26. The number of hydrogen-bond acceptors (Lipinski definition) is 12. The van der Waals surface area contributed by atoms with Crippen molar-refractivity contribution in [3.8, 4) is 0 Å². The number of carbonyl (C=O) groups excluding carboxylic acids is 5. The summed E-state index contributed by atoms with van der Waals surface area (Å²) in [6, 6.07) is 15.8. The first kappa shape index (κ1) is 54.9. The lowest BCUT2D eigenvalue weighted by molar-refractivity contribution is -0.154. The van der Waals surface area contributed by atoms with Crippen LogP contribution in [0.3, 0.4) is 0 Å². The largest absolute Gasteiger partial charge is 0.399 e.